The third-order valence-electron chi connectivity index (χ3n) is 2.48. The van der Waals surface area contributed by atoms with E-state index in [-0.39, 0.29) is 11.3 Å². The molecule has 0 aliphatic carbocycles. The van der Waals surface area contributed by atoms with E-state index in [1.165, 1.54) is 11.9 Å². The highest BCUT2D eigenvalue weighted by Crippen LogP contribution is 2.18. The molecule has 0 radical (unpaired) electrons. The van der Waals surface area contributed by atoms with Gasteiger partial charge in [0.25, 0.3) is 5.91 Å². The van der Waals surface area contributed by atoms with Crippen molar-refractivity contribution in [2.45, 2.75) is 6.42 Å². The zero-order valence-corrected chi connectivity index (χ0v) is 10.4. The van der Waals surface area contributed by atoms with Gasteiger partial charge in [0.1, 0.15) is 5.82 Å². The normalized spacial score (nSPS) is 10.4. The van der Waals surface area contributed by atoms with Crippen molar-refractivity contribution in [1.82, 2.24) is 4.90 Å². The highest BCUT2D eigenvalue weighted by atomic mass is 19.1. The Morgan fingerprint density at radius 1 is 1.44 bits per heavy atom. The van der Waals surface area contributed by atoms with Gasteiger partial charge in [-0.15, -0.1) is 0 Å². The summed E-state index contributed by atoms with van der Waals surface area (Å²) >= 11 is 0. The van der Waals surface area contributed by atoms with Gasteiger partial charge in [0.2, 0.25) is 0 Å². The summed E-state index contributed by atoms with van der Waals surface area (Å²) in [6.45, 7) is 0.883. The molecular weight excluding hydrogens is 242 g/mol. The largest absolute Gasteiger partial charge is 0.396 e. The molecule has 100 valence electrons. The molecule has 0 fully saturated rings. The number of carbonyl (C=O) groups is 1. The van der Waals surface area contributed by atoms with Gasteiger partial charge >= 0.3 is 0 Å². The lowest BCUT2D eigenvalue weighted by Crippen LogP contribution is -2.29. The van der Waals surface area contributed by atoms with Gasteiger partial charge < -0.3 is 15.4 Å². The minimum atomic E-state index is -0.889. The minimum Gasteiger partial charge on any atom is -0.396 e. The summed E-state index contributed by atoms with van der Waals surface area (Å²) in [5.74, 6) is -2.22. The van der Waals surface area contributed by atoms with Crippen molar-refractivity contribution in [3.63, 3.8) is 0 Å². The molecule has 0 aliphatic rings. The van der Waals surface area contributed by atoms with Gasteiger partial charge in [0, 0.05) is 27.3 Å². The Morgan fingerprint density at radius 3 is 2.72 bits per heavy atom. The van der Waals surface area contributed by atoms with Crippen molar-refractivity contribution >= 4 is 11.6 Å². The molecule has 0 unspecified atom stereocenters. The van der Waals surface area contributed by atoms with Crippen molar-refractivity contribution in [1.29, 1.82) is 0 Å². The summed E-state index contributed by atoms with van der Waals surface area (Å²) in [6, 6.07) is 1.69. The van der Waals surface area contributed by atoms with Crippen LogP contribution in [0.2, 0.25) is 0 Å². The third kappa shape index (κ3) is 3.40. The van der Waals surface area contributed by atoms with Crippen molar-refractivity contribution in [2.75, 3.05) is 33.0 Å². The number of nitrogens with two attached hydrogens (primary N) is 1. The highest BCUT2D eigenvalue weighted by Gasteiger charge is 2.19. The average molecular weight is 258 g/mol. The Kier molecular flexibility index (Phi) is 5.03. The number of benzene rings is 1. The van der Waals surface area contributed by atoms with Crippen LogP contribution in [0.25, 0.3) is 0 Å². The number of methoxy groups -OCH3 is 1. The highest BCUT2D eigenvalue weighted by molar-refractivity contribution is 5.95. The van der Waals surface area contributed by atoms with E-state index in [1.807, 2.05) is 0 Å². The molecule has 0 spiro atoms. The van der Waals surface area contributed by atoms with Crippen LogP contribution in [0.3, 0.4) is 0 Å². The molecule has 0 aromatic heterocycles. The van der Waals surface area contributed by atoms with Crippen LogP contribution in [-0.4, -0.2) is 38.1 Å². The second kappa shape index (κ2) is 6.30. The third-order valence-corrected chi connectivity index (χ3v) is 2.48. The van der Waals surface area contributed by atoms with E-state index in [1.54, 1.807) is 7.11 Å². The second-order valence-electron chi connectivity index (χ2n) is 3.93. The van der Waals surface area contributed by atoms with Crippen LogP contribution in [0.5, 0.6) is 0 Å². The fourth-order valence-electron chi connectivity index (χ4n) is 1.52. The lowest BCUT2D eigenvalue weighted by Gasteiger charge is -2.17. The monoisotopic (exact) mass is 258 g/mol. The van der Waals surface area contributed by atoms with E-state index < -0.39 is 17.5 Å². The molecule has 0 aliphatic heterocycles. The first kappa shape index (κ1) is 14.4. The quantitative estimate of drug-likeness (QED) is 0.645. The van der Waals surface area contributed by atoms with Crippen LogP contribution in [0, 0.1) is 11.6 Å². The van der Waals surface area contributed by atoms with Gasteiger partial charge in [-0.3, -0.25) is 4.79 Å². The van der Waals surface area contributed by atoms with Crippen LogP contribution in [-0.2, 0) is 4.74 Å². The maximum absolute atomic E-state index is 13.6. The van der Waals surface area contributed by atoms with E-state index in [9.17, 15) is 13.6 Å². The number of ether oxygens (including phenoxy) is 1. The summed E-state index contributed by atoms with van der Waals surface area (Å²) in [5, 5.41) is 0. The predicted octanol–water partition coefficient (Wildman–Crippen LogP) is 1.66. The summed E-state index contributed by atoms with van der Waals surface area (Å²) < 4.78 is 31.6. The first-order valence-electron chi connectivity index (χ1n) is 5.46. The van der Waals surface area contributed by atoms with Gasteiger partial charge in [-0.1, -0.05) is 0 Å². The number of hydrogen-bond donors (Lipinski definition) is 1. The zero-order valence-electron chi connectivity index (χ0n) is 10.4. The molecule has 1 aromatic carbocycles. The first-order chi connectivity index (χ1) is 8.47. The zero-order chi connectivity index (χ0) is 13.7. The summed E-state index contributed by atoms with van der Waals surface area (Å²) in [7, 11) is 3.06. The molecule has 6 heteroatoms. The van der Waals surface area contributed by atoms with Crippen LogP contribution >= 0.6 is 0 Å². The van der Waals surface area contributed by atoms with Gasteiger partial charge in [-0.2, -0.15) is 0 Å². The number of amides is 1. The summed E-state index contributed by atoms with van der Waals surface area (Å²) in [6.07, 6.45) is 0.616. The standard InChI is InChI=1S/C12H16F2N2O2/c1-16(4-3-5-18-2)12(17)9-6-8(13)7-10(15)11(9)14/h6-7H,3-5,15H2,1-2H3. The van der Waals surface area contributed by atoms with E-state index in [4.69, 9.17) is 10.5 Å². The van der Waals surface area contributed by atoms with Crippen molar-refractivity contribution < 1.29 is 18.3 Å². The Balaban J connectivity index is 2.83. The number of nitrogen functional groups attached to an aromatic ring is 1. The van der Waals surface area contributed by atoms with Gasteiger partial charge in [-0.25, -0.2) is 8.78 Å². The number of hydrogen-bond acceptors (Lipinski definition) is 3. The molecule has 0 saturated heterocycles. The molecular formula is C12H16F2N2O2. The molecule has 0 bridgehead atoms. The maximum atomic E-state index is 13.6. The minimum absolute atomic E-state index is 0.354. The first-order valence-corrected chi connectivity index (χ1v) is 5.46. The van der Waals surface area contributed by atoms with Crippen molar-refractivity contribution in [2.24, 2.45) is 0 Å². The fraction of sp³-hybridized carbons (Fsp3) is 0.417. The Morgan fingerprint density at radius 2 is 2.11 bits per heavy atom. The Bertz CT molecular complexity index is 438. The molecule has 18 heavy (non-hydrogen) atoms. The van der Waals surface area contributed by atoms with Crippen molar-refractivity contribution in [3.05, 3.63) is 29.3 Å². The van der Waals surface area contributed by atoms with Crippen LogP contribution in [0.4, 0.5) is 14.5 Å². The lowest BCUT2D eigenvalue weighted by atomic mass is 10.1. The number of anilines is 1. The van der Waals surface area contributed by atoms with E-state index in [2.05, 4.69) is 0 Å². The maximum Gasteiger partial charge on any atom is 0.256 e. The topological polar surface area (TPSA) is 55.6 Å². The number of rotatable bonds is 5. The van der Waals surface area contributed by atoms with Crippen molar-refractivity contribution in [3.8, 4) is 0 Å². The van der Waals surface area contributed by atoms with Gasteiger partial charge in [0.15, 0.2) is 5.82 Å². The predicted molar refractivity (Wildman–Crippen MR) is 64.2 cm³/mol. The molecule has 2 N–H and O–H groups in total. The van der Waals surface area contributed by atoms with Gasteiger partial charge in [0.05, 0.1) is 11.3 Å². The van der Waals surface area contributed by atoms with E-state index >= 15 is 0 Å². The fourth-order valence-corrected chi connectivity index (χ4v) is 1.52. The molecule has 0 atom stereocenters. The Hall–Kier alpha value is -1.69. The summed E-state index contributed by atoms with van der Waals surface area (Å²) in [4.78, 5) is 13.2. The van der Waals surface area contributed by atoms with Gasteiger partial charge in [-0.05, 0) is 18.6 Å². The molecule has 1 aromatic rings. The smallest absolute Gasteiger partial charge is 0.256 e. The van der Waals surface area contributed by atoms with E-state index in [0.717, 1.165) is 12.1 Å². The molecule has 1 amide bonds. The molecule has 4 nitrogen and oxygen atoms in total. The Labute approximate surface area is 104 Å². The summed E-state index contributed by atoms with van der Waals surface area (Å²) in [5.41, 5.74) is 4.55. The molecule has 0 heterocycles. The second-order valence-corrected chi connectivity index (χ2v) is 3.93. The number of halogens is 2. The average Bonchev–Trinajstić information content (AvgIpc) is 2.33. The number of carbonyl (C=O) groups excluding carboxylic acids is 1. The van der Waals surface area contributed by atoms with E-state index in [0.29, 0.717) is 19.6 Å². The molecule has 1 rings (SSSR count). The number of nitrogens with zero attached hydrogens (tertiary/aromatic N) is 1. The van der Waals surface area contributed by atoms with Crippen LogP contribution in [0.1, 0.15) is 16.8 Å². The van der Waals surface area contributed by atoms with Crippen LogP contribution in [0.15, 0.2) is 12.1 Å². The van der Waals surface area contributed by atoms with Crippen LogP contribution < -0.4 is 5.73 Å². The lowest BCUT2D eigenvalue weighted by molar-refractivity contribution is 0.0774. The SMILES string of the molecule is COCCCN(C)C(=O)c1cc(F)cc(N)c1F. The molecule has 0 saturated carbocycles.